The Morgan fingerprint density at radius 1 is 0.762 bits per heavy atom. The third kappa shape index (κ3) is 22.6. The third-order valence-corrected chi connectivity index (χ3v) is 8.67. The van der Waals surface area contributed by atoms with Crippen LogP contribution in [0.15, 0.2) is 18.5 Å². The second kappa shape index (κ2) is 28.8. The van der Waals surface area contributed by atoms with Gasteiger partial charge in [-0.25, -0.2) is 9.97 Å². The Kier molecular flexibility index (Phi) is 25.6. The lowest BCUT2D eigenvalue weighted by molar-refractivity contribution is -0.168. The first kappa shape index (κ1) is 37.3. The molecule has 0 amide bonds. The molecule has 1 saturated heterocycles. The molecule has 1 aromatic rings. The summed E-state index contributed by atoms with van der Waals surface area (Å²) in [6, 6.07) is 2.21. The van der Waals surface area contributed by atoms with E-state index in [1.54, 1.807) is 30.2 Å². The number of aromatic nitrogens is 2. The maximum Gasteiger partial charge on any atom is 0.316 e. The van der Waals surface area contributed by atoms with E-state index in [2.05, 4.69) is 16.9 Å². The zero-order chi connectivity index (χ0) is 29.6. The fourth-order valence-electron chi connectivity index (χ4n) is 5.09. The first-order valence-electron chi connectivity index (χ1n) is 17.3. The highest BCUT2D eigenvalue weighted by Gasteiger charge is 2.14. The van der Waals surface area contributed by atoms with E-state index < -0.39 is 0 Å². The molecule has 0 radical (unpaired) electrons. The number of hydrogen-bond acceptors (Lipinski definition) is 8. The molecule has 1 aliphatic heterocycles. The van der Waals surface area contributed by atoms with Crippen molar-refractivity contribution in [2.75, 3.05) is 51.1 Å². The first-order chi connectivity index (χ1) is 20.9. The van der Waals surface area contributed by atoms with Gasteiger partial charge in [-0.2, -0.15) is 11.8 Å². The van der Waals surface area contributed by atoms with Gasteiger partial charge in [0, 0.05) is 37.1 Å². The van der Waals surface area contributed by atoms with E-state index in [1.165, 1.54) is 103 Å². The van der Waals surface area contributed by atoms with Crippen molar-refractivity contribution in [2.24, 2.45) is 0 Å². The minimum absolute atomic E-state index is 0.0472. The summed E-state index contributed by atoms with van der Waals surface area (Å²) in [6.45, 7) is 6.31. The van der Waals surface area contributed by atoms with Gasteiger partial charge in [0.25, 0.3) is 0 Å². The summed E-state index contributed by atoms with van der Waals surface area (Å²) in [5.41, 5.74) is 0. The monoisotopic (exact) mass is 610 g/mol. The minimum atomic E-state index is -0.0785. The summed E-state index contributed by atoms with van der Waals surface area (Å²) in [5.74, 6) is 1.71. The van der Waals surface area contributed by atoms with E-state index in [0.717, 1.165) is 44.0 Å². The maximum absolute atomic E-state index is 6.02. The summed E-state index contributed by atoms with van der Waals surface area (Å²) in [7, 11) is 0. The Labute approximate surface area is 262 Å². The third-order valence-electron chi connectivity index (χ3n) is 7.61. The molecule has 244 valence electrons. The number of thioether (sulfide) groups is 1. The highest BCUT2D eigenvalue weighted by Crippen LogP contribution is 2.15. The van der Waals surface area contributed by atoms with E-state index in [9.17, 15) is 0 Å². The number of hydrogen-bond donors (Lipinski definition) is 0. The van der Waals surface area contributed by atoms with Crippen LogP contribution in [0, 0.1) is 0 Å². The molecular formula is C34H62N2O5S. The molecule has 7 nitrogen and oxygen atoms in total. The van der Waals surface area contributed by atoms with Crippen LogP contribution in [-0.4, -0.2) is 73.5 Å². The summed E-state index contributed by atoms with van der Waals surface area (Å²) in [5, 5.41) is 0. The van der Waals surface area contributed by atoms with Crippen molar-refractivity contribution in [3.8, 4) is 6.01 Å². The highest BCUT2D eigenvalue weighted by molar-refractivity contribution is 7.99. The van der Waals surface area contributed by atoms with Crippen molar-refractivity contribution in [1.82, 2.24) is 9.97 Å². The van der Waals surface area contributed by atoms with Crippen molar-refractivity contribution in [2.45, 2.75) is 141 Å². The predicted octanol–water partition coefficient (Wildman–Crippen LogP) is 8.80. The van der Waals surface area contributed by atoms with Gasteiger partial charge in [0.15, 0.2) is 6.29 Å². The fraction of sp³-hybridized carbons (Fsp3) is 0.882. The molecule has 2 unspecified atom stereocenters. The van der Waals surface area contributed by atoms with E-state index in [1.807, 2.05) is 0 Å². The number of nitrogens with zero attached hydrogens (tertiary/aromatic N) is 2. The molecule has 0 N–H and O–H groups in total. The molecule has 2 atom stereocenters. The van der Waals surface area contributed by atoms with E-state index in [4.69, 9.17) is 23.7 Å². The van der Waals surface area contributed by atoms with E-state index in [-0.39, 0.29) is 12.4 Å². The summed E-state index contributed by atoms with van der Waals surface area (Å²) < 4.78 is 29.0. The first-order valence-corrected chi connectivity index (χ1v) is 18.4. The van der Waals surface area contributed by atoms with Crippen molar-refractivity contribution >= 4 is 11.8 Å². The molecular weight excluding hydrogens is 548 g/mol. The summed E-state index contributed by atoms with van der Waals surface area (Å²) in [6.07, 6.45) is 28.7. The van der Waals surface area contributed by atoms with Crippen LogP contribution in [-0.2, 0) is 18.9 Å². The van der Waals surface area contributed by atoms with Gasteiger partial charge in [-0.15, -0.1) is 0 Å². The van der Waals surface area contributed by atoms with Crippen LogP contribution >= 0.6 is 11.8 Å². The van der Waals surface area contributed by atoms with Gasteiger partial charge in [0.2, 0.25) is 0 Å². The highest BCUT2D eigenvalue weighted by atomic mass is 32.2. The zero-order valence-electron chi connectivity index (χ0n) is 26.8. The molecule has 1 aliphatic rings. The number of rotatable bonds is 30. The van der Waals surface area contributed by atoms with Gasteiger partial charge >= 0.3 is 6.01 Å². The van der Waals surface area contributed by atoms with Crippen molar-refractivity contribution < 1.29 is 23.7 Å². The SMILES string of the molecule is CCCCCCCCCCCCCCCCCCOCC(CSCCOCCOC1CCCCO1)Oc1ncccn1. The second-order valence-electron chi connectivity index (χ2n) is 11.5. The smallest absolute Gasteiger partial charge is 0.316 e. The average Bonchev–Trinajstić information content (AvgIpc) is 3.02. The standard InChI is InChI=1S/C34H62N2O5S/c1-2-3-4-5-6-7-8-9-10-11-12-13-14-15-16-18-24-38-30-32(41-34-35-22-20-23-36-34)31-42-29-28-37-26-27-40-33-21-17-19-25-39-33/h20,22-23,32-33H,2-19,21,24-31H2,1H3. The average molecular weight is 611 g/mol. The number of unbranched alkanes of at least 4 members (excludes halogenated alkanes) is 15. The Morgan fingerprint density at radius 3 is 2.02 bits per heavy atom. The van der Waals surface area contributed by atoms with Gasteiger partial charge in [0.05, 0.1) is 26.4 Å². The largest absolute Gasteiger partial charge is 0.457 e. The topological polar surface area (TPSA) is 71.9 Å². The predicted molar refractivity (Wildman–Crippen MR) is 174 cm³/mol. The molecule has 0 aliphatic carbocycles. The molecule has 0 bridgehead atoms. The van der Waals surface area contributed by atoms with Crippen LogP contribution in [0.4, 0.5) is 0 Å². The Bertz CT molecular complexity index is 681. The van der Waals surface area contributed by atoms with E-state index >= 15 is 0 Å². The van der Waals surface area contributed by atoms with Gasteiger partial charge in [0.1, 0.15) is 6.10 Å². The van der Waals surface area contributed by atoms with Gasteiger partial charge < -0.3 is 23.7 Å². The fourth-order valence-corrected chi connectivity index (χ4v) is 5.92. The Hall–Kier alpha value is -0.930. The van der Waals surface area contributed by atoms with Gasteiger partial charge in [-0.05, 0) is 31.7 Å². The van der Waals surface area contributed by atoms with E-state index in [0.29, 0.717) is 32.4 Å². The zero-order valence-corrected chi connectivity index (χ0v) is 27.6. The molecule has 42 heavy (non-hydrogen) atoms. The normalized spacial score (nSPS) is 16.1. The summed E-state index contributed by atoms with van der Waals surface area (Å²) >= 11 is 1.81. The van der Waals surface area contributed by atoms with Crippen LogP contribution < -0.4 is 4.74 Å². The molecule has 1 fully saturated rings. The van der Waals surface area contributed by atoms with Gasteiger partial charge in [-0.1, -0.05) is 103 Å². The van der Waals surface area contributed by atoms with Crippen LogP contribution in [0.2, 0.25) is 0 Å². The molecule has 1 aromatic heterocycles. The molecule has 0 aromatic carbocycles. The van der Waals surface area contributed by atoms with Crippen LogP contribution in [0.1, 0.15) is 129 Å². The van der Waals surface area contributed by atoms with Gasteiger partial charge in [-0.3, -0.25) is 0 Å². The van der Waals surface area contributed by atoms with Crippen LogP contribution in [0.5, 0.6) is 6.01 Å². The van der Waals surface area contributed by atoms with Crippen LogP contribution in [0.3, 0.4) is 0 Å². The molecule has 2 heterocycles. The Morgan fingerprint density at radius 2 is 1.40 bits per heavy atom. The molecule has 0 saturated carbocycles. The van der Waals surface area contributed by atoms with Crippen molar-refractivity contribution in [1.29, 1.82) is 0 Å². The minimum Gasteiger partial charge on any atom is -0.457 e. The Balaban J connectivity index is 1.40. The molecule has 2 rings (SSSR count). The quantitative estimate of drug-likeness (QED) is 0.0801. The lowest BCUT2D eigenvalue weighted by Gasteiger charge is -2.22. The lowest BCUT2D eigenvalue weighted by atomic mass is 10.0. The molecule has 8 heteroatoms. The molecule has 0 spiro atoms. The van der Waals surface area contributed by atoms with Crippen molar-refractivity contribution in [3.05, 3.63) is 18.5 Å². The lowest BCUT2D eigenvalue weighted by Crippen LogP contribution is -2.27. The summed E-state index contributed by atoms with van der Waals surface area (Å²) in [4.78, 5) is 8.44. The number of ether oxygens (including phenoxy) is 5. The maximum atomic E-state index is 6.02. The second-order valence-corrected chi connectivity index (χ2v) is 12.7. The van der Waals surface area contributed by atoms with Crippen molar-refractivity contribution in [3.63, 3.8) is 0 Å². The van der Waals surface area contributed by atoms with Crippen LogP contribution in [0.25, 0.3) is 0 Å².